The molecule has 1 N–H and O–H groups in total. The lowest BCUT2D eigenvalue weighted by Crippen LogP contribution is -2.06. The molecule has 76 valence electrons. The zero-order valence-corrected chi connectivity index (χ0v) is 7.74. The molecule has 0 atom stereocenters. The number of rotatable bonds is 3. The van der Waals surface area contributed by atoms with E-state index >= 15 is 0 Å². The van der Waals surface area contributed by atoms with Gasteiger partial charge in [0.05, 0.1) is 0 Å². The second kappa shape index (κ2) is 3.87. The number of aromatic nitrogens is 4. The molecule has 0 saturated carbocycles. The van der Waals surface area contributed by atoms with Crippen molar-refractivity contribution in [2.45, 2.75) is 6.54 Å². The van der Waals surface area contributed by atoms with Gasteiger partial charge in [-0.05, 0) is 12.1 Å². The summed E-state index contributed by atoms with van der Waals surface area (Å²) in [6, 6.07) is 3.15. The van der Waals surface area contributed by atoms with Gasteiger partial charge in [0.1, 0.15) is 12.4 Å². The standard InChI is InChI=1S/C9H8N4O2/c14-9(15)7-2-5-13(12-7)6-8-10-3-1-4-11-8/h1-5H,6H2,(H,14,15). The highest BCUT2D eigenvalue weighted by molar-refractivity contribution is 5.84. The van der Waals surface area contributed by atoms with Crippen LogP contribution in [0, 0.1) is 0 Å². The Morgan fingerprint density at radius 3 is 2.73 bits per heavy atom. The number of carbonyl (C=O) groups is 1. The van der Waals surface area contributed by atoms with Gasteiger partial charge >= 0.3 is 5.97 Å². The molecule has 0 bridgehead atoms. The third kappa shape index (κ3) is 2.16. The zero-order valence-electron chi connectivity index (χ0n) is 7.74. The van der Waals surface area contributed by atoms with Crippen LogP contribution < -0.4 is 0 Å². The van der Waals surface area contributed by atoms with E-state index in [0.717, 1.165) is 0 Å². The van der Waals surface area contributed by atoms with Crippen molar-refractivity contribution < 1.29 is 9.90 Å². The Morgan fingerprint density at radius 1 is 1.40 bits per heavy atom. The van der Waals surface area contributed by atoms with Crippen molar-refractivity contribution >= 4 is 5.97 Å². The van der Waals surface area contributed by atoms with Crippen LogP contribution in [0.5, 0.6) is 0 Å². The fraction of sp³-hybridized carbons (Fsp3) is 0.111. The van der Waals surface area contributed by atoms with Crippen molar-refractivity contribution in [1.29, 1.82) is 0 Å². The summed E-state index contributed by atoms with van der Waals surface area (Å²) in [6.45, 7) is 0.369. The Labute approximate surface area is 85.2 Å². The fourth-order valence-corrected chi connectivity index (χ4v) is 1.12. The van der Waals surface area contributed by atoms with E-state index in [4.69, 9.17) is 5.11 Å². The Kier molecular flexibility index (Phi) is 2.40. The summed E-state index contributed by atoms with van der Waals surface area (Å²) in [6.07, 6.45) is 4.84. The molecule has 6 heteroatoms. The van der Waals surface area contributed by atoms with E-state index in [1.165, 1.54) is 10.7 Å². The summed E-state index contributed by atoms with van der Waals surface area (Å²) < 4.78 is 1.48. The Morgan fingerprint density at radius 2 is 2.13 bits per heavy atom. The monoisotopic (exact) mass is 204 g/mol. The molecule has 0 aliphatic heterocycles. The third-order valence-corrected chi connectivity index (χ3v) is 1.78. The van der Waals surface area contributed by atoms with E-state index in [0.29, 0.717) is 12.4 Å². The van der Waals surface area contributed by atoms with Crippen LogP contribution in [0.2, 0.25) is 0 Å². The van der Waals surface area contributed by atoms with Crippen molar-refractivity contribution in [1.82, 2.24) is 19.7 Å². The van der Waals surface area contributed by atoms with Crippen LogP contribution in [-0.4, -0.2) is 30.8 Å². The molecule has 0 aromatic carbocycles. The number of aromatic carboxylic acids is 1. The van der Waals surface area contributed by atoms with Crippen LogP contribution in [0.4, 0.5) is 0 Å². The topological polar surface area (TPSA) is 80.9 Å². The molecule has 0 aliphatic carbocycles. The molecular formula is C9H8N4O2. The van der Waals surface area contributed by atoms with Crippen LogP contribution in [0.25, 0.3) is 0 Å². The fourth-order valence-electron chi connectivity index (χ4n) is 1.12. The molecule has 2 heterocycles. The first-order chi connectivity index (χ1) is 7.25. The van der Waals surface area contributed by atoms with Crippen LogP contribution in [-0.2, 0) is 6.54 Å². The summed E-state index contributed by atoms with van der Waals surface area (Å²) >= 11 is 0. The van der Waals surface area contributed by atoms with Crippen molar-refractivity contribution in [3.05, 3.63) is 42.2 Å². The van der Waals surface area contributed by atoms with Gasteiger partial charge in [-0.1, -0.05) is 0 Å². The molecule has 0 saturated heterocycles. The van der Waals surface area contributed by atoms with Gasteiger partial charge in [-0.3, -0.25) is 4.68 Å². The van der Waals surface area contributed by atoms with Crippen LogP contribution in [0.3, 0.4) is 0 Å². The predicted octanol–water partition coefficient (Wildman–Crippen LogP) is 0.420. The van der Waals surface area contributed by atoms with Crippen molar-refractivity contribution in [3.8, 4) is 0 Å². The smallest absolute Gasteiger partial charge is 0.356 e. The molecule has 2 rings (SSSR count). The van der Waals surface area contributed by atoms with Gasteiger partial charge in [-0.15, -0.1) is 0 Å². The molecule has 2 aromatic rings. The molecule has 6 nitrogen and oxygen atoms in total. The highest BCUT2D eigenvalue weighted by Gasteiger charge is 2.06. The predicted molar refractivity (Wildman–Crippen MR) is 50.3 cm³/mol. The van der Waals surface area contributed by atoms with Crippen molar-refractivity contribution in [2.24, 2.45) is 0 Å². The number of carboxylic acids is 1. The quantitative estimate of drug-likeness (QED) is 0.783. The van der Waals surface area contributed by atoms with E-state index in [2.05, 4.69) is 15.1 Å². The second-order valence-electron chi connectivity index (χ2n) is 2.87. The molecule has 0 amide bonds. The summed E-state index contributed by atoms with van der Waals surface area (Å²) in [5.41, 5.74) is 0.0194. The largest absolute Gasteiger partial charge is 0.476 e. The van der Waals surface area contributed by atoms with E-state index < -0.39 is 5.97 Å². The first kappa shape index (κ1) is 9.32. The minimum atomic E-state index is -1.04. The van der Waals surface area contributed by atoms with E-state index in [1.54, 1.807) is 24.7 Å². The lowest BCUT2D eigenvalue weighted by Gasteiger charge is -1.98. The summed E-state index contributed by atoms with van der Waals surface area (Å²) in [4.78, 5) is 18.6. The van der Waals surface area contributed by atoms with Gasteiger partial charge < -0.3 is 5.11 Å². The molecule has 15 heavy (non-hydrogen) atoms. The average molecular weight is 204 g/mol. The maximum Gasteiger partial charge on any atom is 0.356 e. The number of nitrogens with zero attached hydrogens (tertiary/aromatic N) is 4. The first-order valence-corrected chi connectivity index (χ1v) is 4.28. The molecule has 0 spiro atoms. The minimum absolute atomic E-state index is 0.0194. The molecule has 0 fully saturated rings. The Balaban J connectivity index is 2.15. The zero-order chi connectivity index (χ0) is 10.7. The van der Waals surface area contributed by atoms with E-state index in [-0.39, 0.29) is 5.69 Å². The van der Waals surface area contributed by atoms with Gasteiger partial charge in [-0.25, -0.2) is 14.8 Å². The highest BCUT2D eigenvalue weighted by atomic mass is 16.4. The lowest BCUT2D eigenvalue weighted by molar-refractivity contribution is 0.0689. The Hall–Kier alpha value is -2.24. The van der Waals surface area contributed by atoms with Crippen molar-refractivity contribution in [3.63, 3.8) is 0 Å². The first-order valence-electron chi connectivity index (χ1n) is 4.28. The number of hydrogen-bond acceptors (Lipinski definition) is 4. The molecule has 0 radical (unpaired) electrons. The number of carboxylic acid groups (broad SMARTS) is 1. The maximum atomic E-state index is 10.6. The van der Waals surface area contributed by atoms with Gasteiger partial charge in [0.2, 0.25) is 0 Å². The maximum absolute atomic E-state index is 10.6. The normalized spacial score (nSPS) is 10.1. The van der Waals surface area contributed by atoms with Gasteiger partial charge in [0, 0.05) is 18.6 Å². The van der Waals surface area contributed by atoms with E-state index in [9.17, 15) is 4.79 Å². The van der Waals surface area contributed by atoms with E-state index in [1.807, 2.05) is 0 Å². The van der Waals surface area contributed by atoms with Gasteiger partial charge in [-0.2, -0.15) is 5.10 Å². The van der Waals surface area contributed by atoms with Gasteiger partial charge in [0.15, 0.2) is 5.69 Å². The molecule has 0 unspecified atom stereocenters. The average Bonchev–Trinajstić information content (AvgIpc) is 2.68. The molecular weight excluding hydrogens is 196 g/mol. The third-order valence-electron chi connectivity index (χ3n) is 1.78. The van der Waals surface area contributed by atoms with Crippen LogP contribution in [0.15, 0.2) is 30.7 Å². The number of hydrogen-bond donors (Lipinski definition) is 1. The molecule has 2 aromatic heterocycles. The summed E-state index contributed by atoms with van der Waals surface area (Å²) in [5, 5.41) is 12.5. The summed E-state index contributed by atoms with van der Waals surface area (Å²) in [7, 11) is 0. The lowest BCUT2D eigenvalue weighted by atomic mass is 10.5. The van der Waals surface area contributed by atoms with Crippen LogP contribution in [0.1, 0.15) is 16.3 Å². The van der Waals surface area contributed by atoms with Crippen LogP contribution >= 0.6 is 0 Å². The Bertz CT molecular complexity index is 466. The second-order valence-corrected chi connectivity index (χ2v) is 2.87. The summed E-state index contributed by atoms with van der Waals surface area (Å²) in [5.74, 6) is -0.444. The SMILES string of the molecule is O=C(O)c1ccn(Cc2ncccn2)n1. The van der Waals surface area contributed by atoms with Gasteiger partial charge in [0.25, 0.3) is 0 Å². The molecule has 0 aliphatic rings. The highest BCUT2D eigenvalue weighted by Crippen LogP contribution is 1.98. The minimum Gasteiger partial charge on any atom is -0.476 e. The van der Waals surface area contributed by atoms with Crippen molar-refractivity contribution in [2.75, 3.05) is 0 Å².